The molecule has 1 N–H and O–H groups in total. The van der Waals surface area contributed by atoms with Gasteiger partial charge in [0.25, 0.3) is 0 Å². The molecular formula is C17H14Cl2N2O4. The minimum absolute atomic E-state index is 0.127. The van der Waals surface area contributed by atoms with Crippen LogP contribution < -0.4 is 0 Å². The highest BCUT2D eigenvalue weighted by atomic mass is 35.5. The molecule has 8 heteroatoms. The molecule has 0 saturated carbocycles. The molecule has 0 aliphatic carbocycles. The third-order valence-electron chi connectivity index (χ3n) is 3.50. The number of hydrogen-bond acceptors (Lipinski definition) is 5. The van der Waals surface area contributed by atoms with Gasteiger partial charge in [-0.25, -0.2) is 9.78 Å². The Morgan fingerprint density at radius 1 is 1.16 bits per heavy atom. The quantitative estimate of drug-likeness (QED) is 0.650. The summed E-state index contributed by atoms with van der Waals surface area (Å²) in [6, 6.07) is 8.95. The molecule has 6 nitrogen and oxygen atoms in total. The molecule has 1 aromatic carbocycles. The van der Waals surface area contributed by atoms with E-state index in [2.05, 4.69) is 4.98 Å². The highest BCUT2D eigenvalue weighted by molar-refractivity contribution is 6.35. The number of aromatic nitrogens is 1. The Bertz CT molecular complexity index is 861. The van der Waals surface area contributed by atoms with Crippen molar-refractivity contribution in [3.8, 4) is 0 Å². The van der Waals surface area contributed by atoms with E-state index in [1.54, 1.807) is 24.5 Å². The molecule has 0 atom stereocenters. The lowest BCUT2D eigenvalue weighted by Crippen LogP contribution is -2.22. The molecule has 0 spiro atoms. The molecule has 0 unspecified atom stereocenters. The van der Waals surface area contributed by atoms with E-state index < -0.39 is 5.97 Å². The van der Waals surface area contributed by atoms with Crippen LogP contribution in [0.4, 0.5) is 0 Å². The molecular weight excluding hydrogens is 367 g/mol. The van der Waals surface area contributed by atoms with Gasteiger partial charge in [-0.3, -0.25) is 4.90 Å². The van der Waals surface area contributed by atoms with E-state index in [1.165, 1.54) is 0 Å². The SMILES string of the molecule is O=C(O)c1coc(CN(Cc2ccco2)Cc2ccc(Cl)cc2Cl)n1. The fourth-order valence-corrected chi connectivity index (χ4v) is 2.82. The fourth-order valence-electron chi connectivity index (χ4n) is 2.35. The van der Waals surface area contributed by atoms with Crippen LogP contribution >= 0.6 is 23.2 Å². The van der Waals surface area contributed by atoms with Crippen molar-refractivity contribution < 1.29 is 18.7 Å². The van der Waals surface area contributed by atoms with Crippen LogP contribution in [0.2, 0.25) is 10.0 Å². The summed E-state index contributed by atoms with van der Waals surface area (Å²) in [4.78, 5) is 16.9. The number of halogens is 2. The highest BCUT2D eigenvalue weighted by Crippen LogP contribution is 2.24. The zero-order chi connectivity index (χ0) is 17.8. The van der Waals surface area contributed by atoms with Gasteiger partial charge in [-0.2, -0.15) is 0 Å². The van der Waals surface area contributed by atoms with Crippen LogP contribution in [0.5, 0.6) is 0 Å². The summed E-state index contributed by atoms with van der Waals surface area (Å²) in [5.74, 6) is -0.0718. The Labute approximate surface area is 153 Å². The van der Waals surface area contributed by atoms with Crippen molar-refractivity contribution >= 4 is 29.2 Å². The fraction of sp³-hybridized carbons (Fsp3) is 0.176. The Balaban J connectivity index is 1.79. The second-order valence-corrected chi connectivity index (χ2v) is 6.24. The summed E-state index contributed by atoms with van der Waals surface area (Å²) in [7, 11) is 0. The lowest BCUT2D eigenvalue weighted by atomic mass is 10.2. The van der Waals surface area contributed by atoms with Gasteiger partial charge in [-0.1, -0.05) is 29.3 Å². The Hall–Kier alpha value is -2.28. The number of aromatic carboxylic acids is 1. The molecule has 0 radical (unpaired) electrons. The molecule has 25 heavy (non-hydrogen) atoms. The van der Waals surface area contributed by atoms with Gasteiger partial charge in [0.2, 0.25) is 5.89 Å². The van der Waals surface area contributed by atoms with Crippen molar-refractivity contribution in [2.24, 2.45) is 0 Å². The first kappa shape index (κ1) is 17.5. The maximum Gasteiger partial charge on any atom is 0.357 e. The average molecular weight is 381 g/mol. The van der Waals surface area contributed by atoms with Gasteiger partial charge in [0.15, 0.2) is 5.69 Å². The van der Waals surface area contributed by atoms with Crippen molar-refractivity contribution in [2.45, 2.75) is 19.6 Å². The van der Waals surface area contributed by atoms with Gasteiger partial charge in [-0.05, 0) is 29.8 Å². The van der Waals surface area contributed by atoms with Crippen molar-refractivity contribution in [2.75, 3.05) is 0 Å². The van der Waals surface area contributed by atoms with E-state index >= 15 is 0 Å². The van der Waals surface area contributed by atoms with Crippen molar-refractivity contribution in [3.05, 3.63) is 75.8 Å². The van der Waals surface area contributed by atoms with E-state index in [1.807, 2.05) is 17.0 Å². The summed E-state index contributed by atoms with van der Waals surface area (Å²) in [5.41, 5.74) is 0.750. The van der Waals surface area contributed by atoms with Crippen LogP contribution in [0.3, 0.4) is 0 Å². The molecule has 0 bridgehead atoms. The van der Waals surface area contributed by atoms with Crippen LogP contribution in [-0.2, 0) is 19.6 Å². The van der Waals surface area contributed by atoms with Crippen molar-refractivity contribution in [1.29, 1.82) is 0 Å². The van der Waals surface area contributed by atoms with E-state index in [9.17, 15) is 4.79 Å². The minimum atomic E-state index is -1.13. The smallest absolute Gasteiger partial charge is 0.357 e. The summed E-state index contributed by atoms with van der Waals surface area (Å²) in [5, 5.41) is 10.1. The van der Waals surface area contributed by atoms with Crippen LogP contribution in [0, 0.1) is 0 Å². The summed E-state index contributed by atoms with van der Waals surface area (Å²) in [6.07, 6.45) is 2.72. The molecule has 3 aromatic rings. The van der Waals surface area contributed by atoms with Gasteiger partial charge in [0, 0.05) is 16.6 Å². The van der Waals surface area contributed by atoms with Crippen molar-refractivity contribution in [1.82, 2.24) is 9.88 Å². The molecule has 130 valence electrons. The number of nitrogens with zero attached hydrogens (tertiary/aromatic N) is 2. The summed E-state index contributed by atoms with van der Waals surface area (Å²) in [6.45, 7) is 1.27. The Morgan fingerprint density at radius 3 is 2.64 bits per heavy atom. The van der Waals surface area contributed by atoms with Gasteiger partial charge >= 0.3 is 5.97 Å². The normalized spacial score (nSPS) is 11.2. The van der Waals surface area contributed by atoms with Crippen LogP contribution in [0.25, 0.3) is 0 Å². The molecule has 0 fully saturated rings. The predicted molar refractivity (Wildman–Crippen MR) is 91.6 cm³/mol. The van der Waals surface area contributed by atoms with Gasteiger partial charge < -0.3 is 13.9 Å². The topological polar surface area (TPSA) is 79.7 Å². The maximum absolute atomic E-state index is 10.9. The molecule has 0 aliphatic heterocycles. The number of hydrogen-bond donors (Lipinski definition) is 1. The number of furan rings is 1. The molecule has 0 aliphatic rings. The summed E-state index contributed by atoms with van der Waals surface area (Å²) >= 11 is 12.2. The molecule has 3 rings (SSSR count). The largest absolute Gasteiger partial charge is 0.476 e. The maximum atomic E-state index is 10.9. The van der Waals surface area contributed by atoms with Gasteiger partial charge in [0.1, 0.15) is 12.0 Å². The molecule has 0 saturated heterocycles. The van der Waals surface area contributed by atoms with Crippen molar-refractivity contribution in [3.63, 3.8) is 0 Å². The zero-order valence-electron chi connectivity index (χ0n) is 13.0. The van der Waals surface area contributed by atoms with Crippen LogP contribution in [0.1, 0.15) is 27.7 Å². The van der Waals surface area contributed by atoms with E-state index in [0.717, 1.165) is 17.6 Å². The molecule has 2 aromatic heterocycles. The van der Waals surface area contributed by atoms with Gasteiger partial charge in [0.05, 0.1) is 19.4 Å². The number of oxazole rings is 1. The second-order valence-electron chi connectivity index (χ2n) is 5.39. The Morgan fingerprint density at radius 2 is 2.00 bits per heavy atom. The predicted octanol–water partition coefficient (Wildman–Crippen LogP) is 4.48. The zero-order valence-corrected chi connectivity index (χ0v) is 14.5. The lowest BCUT2D eigenvalue weighted by molar-refractivity contribution is 0.0690. The number of carboxylic acids is 1. The monoisotopic (exact) mass is 380 g/mol. The Kier molecular flexibility index (Phi) is 5.43. The van der Waals surface area contributed by atoms with Gasteiger partial charge in [-0.15, -0.1) is 0 Å². The van der Waals surface area contributed by atoms with E-state index in [4.69, 9.17) is 37.1 Å². The minimum Gasteiger partial charge on any atom is -0.476 e. The molecule has 0 amide bonds. The van der Waals surface area contributed by atoms with E-state index in [0.29, 0.717) is 35.6 Å². The first-order valence-electron chi connectivity index (χ1n) is 7.37. The van der Waals surface area contributed by atoms with E-state index in [-0.39, 0.29) is 5.69 Å². The number of carbonyl (C=O) groups is 1. The number of carboxylic acid groups (broad SMARTS) is 1. The first-order valence-corrected chi connectivity index (χ1v) is 8.13. The molecule has 2 heterocycles. The average Bonchev–Trinajstić information content (AvgIpc) is 3.22. The second kappa shape index (κ2) is 7.74. The van der Waals surface area contributed by atoms with Crippen LogP contribution in [-0.4, -0.2) is 21.0 Å². The third-order valence-corrected chi connectivity index (χ3v) is 4.09. The first-order chi connectivity index (χ1) is 12.0. The lowest BCUT2D eigenvalue weighted by Gasteiger charge is -2.20. The standard InChI is InChI=1S/C17H14Cl2N2O4/c18-12-4-3-11(14(19)6-12)7-21(8-13-2-1-5-24-13)9-16-20-15(10-25-16)17(22)23/h1-6,10H,7-9H2,(H,22,23). The highest BCUT2D eigenvalue weighted by Gasteiger charge is 2.17. The number of rotatable bonds is 7. The van der Waals surface area contributed by atoms with Crippen LogP contribution in [0.15, 0.2) is 51.7 Å². The number of benzene rings is 1. The third kappa shape index (κ3) is 4.63. The summed E-state index contributed by atoms with van der Waals surface area (Å²) < 4.78 is 10.6.